The van der Waals surface area contributed by atoms with Crippen molar-refractivity contribution in [3.05, 3.63) is 346 Å². The zero-order chi connectivity index (χ0) is 60.9. The quantitative estimate of drug-likeness (QED) is 0.122. The predicted molar refractivity (Wildman–Crippen MR) is 383 cm³/mol. The summed E-state index contributed by atoms with van der Waals surface area (Å²) < 4.78 is 9.05. The van der Waals surface area contributed by atoms with Crippen LogP contribution in [-0.4, -0.2) is 14.5 Å². The number of hydrogen-bond donors (Lipinski definition) is 0. The molecule has 0 aliphatic rings. The highest BCUT2D eigenvalue weighted by atomic mass is 16.3. The molecule has 92 heavy (non-hydrogen) atoms. The minimum absolute atomic E-state index is 0.645. The van der Waals surface area contributed by atoms with E-state index in [1.807, 2.05) is 6.07 Å². The Morgan fingerprint density at radius 2 is 0.609 bits per heavy atom. The first-order chi connectivity index (χ1) is 45.6. The van der Waals surface area contributed by atoms with Gasteiger partial charge >= 0.3 is 0 Å². The van der Waals surface area contributed by atoms with Crippen LogP contribution in [0.3, 0.4) is 0 Å². The smallest absolute Gasteiger partial charge is 0.160 e. The first-order valence-electron chi connectivity index (χ1n) is 31.3. The Morgan fingerprint density at radius 3 is 1.29 bits per heavy atom. The van der Waals surface area contributed by atoms with E-state index in [1.165, 1.54) is 49.6 Å². The molecule has 0 unspecified atom stereocenters. The molecule has 0 saturated carbocycles. The summed E-state index contributed by atoms with van der Waals surface area (Å²) in [4.78, 5) is 10.9. The predicted octanol–water partition coefficient (Wildman–Crippen LogP) is 23.8. The molecule has 0 radical (unpaired) electrons. The Hall–Kier alpha value is -12.2. The summed E-state index contributed by atoms with van der Waals surface area (Å²) in [7, 11) is 0. The van der Waals surface area contributed by atoms with Gasteiger partial charge in [-0.25, -0.2) is 9.97 Å². The Morgan fingerprint density at radius 1 is 0.217 bits per heavy atom. The third kappa shape index (κ3) is 10.0. The van der Waals surface area contributed by atoms with Gasteiger partial charge < -0.3 is 8.98 Å². The second-order valence-electron chi connectivity index (χ2n) is 23.6. The number of aromatic nitrogens is 3. The van der Waals surface area contributed by atoms with Crippen LogP contribution >= 0.6 is 0 Å². The fourth-order valence-corrected chi connectivity index (χ4v) is 13.5. The third-order valence-electron chi connectivity index (χ3n) is 18.0. The molecule has 14 aromatic carbocycles. The molecule has 3 aromatic heterocycles. The van der Waals surface area contributed by atoms with Crippen molar-refractivity contribution >= 4 is 43.7 Å². The van der Waals surface area contributed by atoms with Crippen LogP contribution in [0.25, 0.3) is 172 Å². The molecule has 0 aliphatic heterocycles. The van der Waals surface area contributed by atoms with Crippen molar-refractivity contribution in [2.45, 2.75) is 0 Å². The maximum Gasteiger partial charge on any atom is 0.160 e. The van der Waals surface area contributed by atoms with Gasteiger partial charge in [-0.1, -0.05) is 273 Å². The average Bonchev–Trinajstić information content (AvgIpc) is 1.75. The van der Waals surface area contributed by atoms with E-state index in [2.05, 4.69) is 344 Å². The number of nitrogens with zero attached hydrogens (tertiary/aromatic N) is 3. The van der Waals surface area contributed by atoms with Crippen LogP contribution in [0.5, 0.6) is 0 Å². The Labute approximate surface area is 533 Å². The van der Waals surface area contributed by atoms with Crippen molar-refractivity contribution in [1.29, 1.82) is 0 Å². The lowest BCUT2D eigenvalue weighted by Gasteiger charge is -2.14. The van der Waals surface area contributed by atoms with Crippen LogP contribution in [0.4, 0.5) is 0 Å². The van der Waals surface area contributed by atoms with Crippen LogP contribution in [-0.2, 0) is 0 Å². The highest BCUT2D eigenvalue weighted by molar-refractivity contribution is 6.11. The molecule has 0 atom stereocenters. The van der Waals surface area contributed by atoms with E-state index in [0.717, 1.165) is 117 Å². The lowest BCUT2D eigenvalue weighted by Crippen LogP contribution is -1.96. The van der Waals surface area contributed by atoms with E-state index >= 15 is 0 Å². The second kappa shape index (κ2) is 23.0. The molecular weight excluding hydrogens is 1110 g/mol. The number of para-hydroxylation sites is 4. The summed E-state index contributed by atoms with van der Waals surface area (Å²) >= 11 is 0. The summed E-state index contributed by atoms with van der Waals surface area (Å²) in [6.45, 7) is 0. The van der Waals surface area contributed by atoms with Crippen LogP contribution in [0.1, 0.15) is 0 Å². The normalized spacial score (nSPS) is 11.5. The molecule has 0 aliphatic carbocycles. The summed E-state index contributed by atoms with van der Waals surface area (Å²) in [5.41, 5.74) is 27.9. The monoisotopic (exact) mass is 1170 g/mol. The SMILES string of the molecule is c1ccc(-c2cccc(-c3cc(-c4ccc(-c5cc(-c6cccc(-c7cccc(-c8ccccc8-c8ccccc8)c7)c6)nc(-c6ccc(-c7cccc(-n8c9ccccc9c9ccccc98)c7)cc6)n5)cc4)cc(-c4cccc5c4oc4ccccc45)c3)c2)cc1. The van der Waals surface area contributed by atoms with Gasteiger partial charge in [0.05, 0.1) is 22.4 Å². The molecule has 3 heterocycles. The summed E-state index contributed by atoms with van der Waals surface area (Å²) in [6, 6.07) is 124. The third-order valence-corrected chi connectivity index (χ3v) is 18.0. The van der Waals surface area contributed by atoms with Gasteiger partial charge in [-0.3, -0.25) is 0 Å². The number of hydrogen-bond acceptors (Lipinski definition) is 3. The molecule has 17 rings (SSSR count). The van der Waals surface area contributed by atoms with Crippen LogP contribution in [0, 0.1) is 0 Å². The Balaban J connectivity index is 0.764. The lowest BCUT2D eigenvalue weighted by molar-refractivity contribution is 0.670. The topological polar surface area (TPSA) is 43.9 Å². The van der Waals surface area contributed by atoms with E-state index in [0.29, 0.717) is 5.82 Å². The largest absolute Gasteiger partial charge is 0.455 e. The van der Waals surface area contributed by atoms with Crippen molar-refractivity contribution in [2.24, 2.45) is 0 Å². The van der Waals surface area contributed by atoms with Crippen molar-refractivity contribution in [3.63, 3.8) is 0 Å². The molecule has 17 aromatic rings. The Kier molecular flexibility index (Phi) is 13.5. The van der Waals surface area contributed by atoms with Crippen molar-refractivity contribution in [1.82, 2.24) is 14.5 Å². The zero-order valence-corrected chi connectivity index (χ0v) is 50.2. The zero-order valence-electron chi connectivity index (χ0n) is 50.2. The van der Waals surface area contributed by atoms with Gasteiger partial charge in [-0.15, -0.1) is 0 Å². The number of furan rings is 1. The van der Waals surface area contributed by atoms with E-state index in [4.69, 9.17) is 14.4 Å². The van der Waals surface area contributed by atoms with Gasteiger partial charge in [0.1, 0.15) is 11.2 Å². The fraction of sp³-hybridized carbons (Fsp3) is 0. The van der Waals surface area contributed by atoms with Gasteiger partial charge in [0, 0.05) is 49.5 Å². The van der Waals surface area contributed by atoms with Crippen molar-refractivity contribution in [2.75, 3.05) is 0 Å². The van der Waals surface area contributed by atoms with Crippen LogP contribution in [0.2, 0.25) is 0 Å². The molecule has 4 heteroatoms. The first kappa shape index (κ1) is 54.0. The molecule has 0 bridgehead atoms. The number of rotatable bonds is 12. The highest BCUT2D eigenvalue weighted by Gasteiger charge is 2.19. The van der Waals surface area contributed by atoms with Gasteiger partial charge in [0.25, 0.3) is 0 Å². The standard InChI is InChI=1S/C88H57N3O/c1-3-20-58(21-4-1)64-24-15-27-67(50-64)72-53-71(54-73(55-72)77-37-19-38-81-80-36-11-14-41-86(80)92-87(77)81)60-42-46-62(47-43-60)82-57-83(70-30-17-26-66(52-70)65-25-16-29-69(51-65)76-33-8-7-32-75(76)61-22-5-2-6-23-61)90-88(89-82)63-48-44-59(45-49-63)68-28-18-31-74(56-68)91-84-39-12-9-34-78(84)79-35-10-13-40-85(79)91/h1-57H. The number of benzene rings is 14. The summed E-state index contributed by atoms with van der Waals surface area (Å²) in [6.07, 6.45) is 0. The van der Waals surface area contributed by atoms with Gasteiger partial charge in [0.2, 0.25) is 0 Å². The Bertz CT molecular complexity index is 5570. The van der Waals surface area contributed by atoms with Crippen molar-refractivity contribution in [3.8, 4) is 129 Å². The van der Waals surface area contributed by atoms with Crippen LogP contribution in [0.15, 0.2) is 350 Å². The molecule has 4 nitrogen and oxygen atoms in total. The van der Waals surface area contributed by atoms with Gasteiger partial charge in [-0.2, -0.15) is 0 Å². The summed E-state index contributed by atoms with van der Waals surface area (Å²) in [5.74, 6) is 0.645. The fourth-order valence-electron chi connectivity index (χ4n) is 13.5. The lowest BCUT2D eigenvalue weighted by atomic mass is 9.91. The molecule has 0 spiro atoms. The molecule has 0 fully saturated rings. The van der Waals surface area contributed by atoms with Crippen LogP contribution < -0.4 is 0 Å². The van der Waals surface area contributed by atoms with E-state index < -0.39 is 0 Å². The molecule has 0 saturated heterocycles. The maximum atomic E-state index is 6.68. The highest BCUT2D eigenvalue weighted by Crippen LogP contribution is 2.42. The van der Waals surface area contributed by atoms with Gasteiger partial charge in [-0.05, 0) is 156 Å². The first-order valence-corrected chi connectivity index (χ1v) is 31.3. The number of fused-ring (bicyclic) bond motifs is 6. The van der Waals surface area contributed by atoms with E-state index in [9.17, 15) is 0 Å². The second-order valence-corrected chi connectivity index (χ2v) is 23.6. The minimum Gasteiger partial charge on any atom is -0.455 e. The van der Waals surface area contributed by atoms with Gasteiger partial charge in [0.15, 0.2) is 5.82 Å². The average molecular weight is 1170 g/mol. The van der Waals surface area contributed by atoms with E-state index in [1.54, 1.807) is 0 Å². The summed E-state index contributed by atoms with van der Waals surface area (Å²) in [5, 5.41) is 4.69. The molecule has 0 N–H and O–H groups in total. The molecule has 430 valence electrons. The minimum atomic E-state index is 0.645. The van der Waals surface area contributed by atoms with E-state index in [-0.39, 0.29) is 0 Å². The maximum absolute atomic E-state index is 6.68. The van der Waals surface area contributed by atoms with Crippen molar-refractivity contribution < 1.29 is 4.42 Å². The molecule has 0 amide bonds. The molecular formula is C88H57N3O.